The first-order valence-corrected chi connectivity index (χ1v) is 8.20. The van der Waals surface area contributed by atoms with Crippen molar-refractivity contribution in [2.75, 3.05) is 7.05 Å². The smallest absolute Gasteiger partial charge is 0.251 e. The summed E-state index contributed by atoms with van der Waals surface area (Å²) in [5, 5.41) is 2.96. The van der Waals surface area contributed by atoms with E-state index in [1.165, 1.54) is 0 Å². The minimum Gasteiger partial charge on any atom is -0.349 e. The molecule has 1 aliphatic carbocycles. The van der Waals surface area contributed by atoms with Gasteiger partial charge >= 0.3 is 0 Å². The van der Waals surface area contributed by atoms with Gasteiger partial charge in [0.2, 0.25) is 5.91 Å². The molecule has 0 bridgehead atoms. The van der Waals surface area contributed by atoms with Crippen molar-refractivity contribution < 1.29 is 9.59 Å². The van der Waals surface area contributed by atoms with Crippen molar-refractivity contribution in [1.29, 1.82) is 0 Å². The van der Waals surface area contributed by atoms with Crippen LogP contribution in [0.1, 0.15) is 56.0 Å². The lowest BCUT2D eigenvalue weighted by Gasteiger charge is -2.34. The minimum absolute atomic E-state index is 0.0209. The fourth-order valence-electron chi connectivity index (χ4n) is 2.06. The molecule has 0 aromatic heterocycles. The topological polar surface area (TPSA) is 49.4 Å². The molecule has 4 nitrogen and oxygen atoms in total. The number of carbonyl (C=O) groups is 2. The van der Waals surface area contributed by atoms with Crippen LogP contribution in [0.2, 0.25) is 0 Å². The van der Waals surface area contributed by atoms with E-state index in [1.807, 2.05) is 33.0 Å². The Labute approximate surface area is 138 Å². The van der Waals surface area contributed by atoms with Crippen molar-refractivity contribution >= 4 is 17.9 Å². The molecule has 2 rings (SSSR count). The predicted molar refractivity (Wildman–Crippen MR) is 93.1 cm³/mol. The van der Waals surface area contributed by atoms with Crippen LogP contribution in [0.25, 0.3) is 6.08 Å². The van der Waals surface area contributed by atoms with Crippen LogP contribution in [0, 0.1) is 0 Å². The van der Waals surface area contributed by atoms with Gasteiger partial charge in [0.1, 0.15) is 0 Å². The van der Waals surface area contributed by atoms with Gasteiger partial charge in [-0.3, -0.25) is 9.59 Å². The van der Waals surface area contributed by atoms with Gasteiger partial charge in [0.15, 0.2) is 0 Å². The van der Waals surface area contributed by atoms with Gasteiger partial charge in [-0.15, -0.1) is 0 Å². The van der Waals surface area contributed by atoms with Crippen molar-refractivity contribution in [1.82, 2.24) is 10.2 Å². The number of amides is 2. The van der Waals surface area contributed by atoms with Gasteiger partial charge in [-0.2, -0.15) is 0 Å². The number of likely N-dealkylation sites (N-methyl/N-ethyl adjacent to an activating group) is 1. The number of nitrogens with zero attached hydrogens (tertiary/aromatic N) is 1. The van der Waals surface area contributed by atoms with Gasteiger partial charge in [0, 0.05) is 30.3 Å². The molecule has 0 aliphatic heterocycles. The summed E-state index contributed by atoms with van der Waals surface area (Å²) in [5.41, 5.74) is 1.40. The molecule has 0 unspecified atom stereocenters. The zero-order valence-corrected chi connectivity index (χ0v) is 14.4. The Kier molecular flexibility index (Phi) is 5.24. The van der Waals surface area contributed by atoms with Crippen LogP contribution in [0.5, 0.6) is 0 Å². The summed E-state index contributed by atoms with van der Waals surface area (Å²) in [4.78, 5) is 25.9. The first-order chi connectivity index (χ1) is 10.8. The number of hydrogen-bond acceptors (Lipinski definition) is 2. The van der Waals surface area contributed by atoms with Crippen molar-refractivity contribution in [3.63, 3.8) is 0 Å². The van der Waals surface area contributed by atoms with Crippen molar-refractivity contribution in [2.24, 2.45) is 0 Å². The van der Waals surface area contributed by atoms with Crippen molar-refractivity contribution in [3.05, 3.63) is 41.5 Å². The molecule has 1 saturated carbocycles. The molecule has 4 heteroatoms. The highest BCUT2D eigenvalue weighted by molar-refractivity contribution is 5.95. The first-order valence-electron chi connectivity index (χ1n) is 8.20. The van der Waals surface area contributed by atoms with E-state index in [1.54, 1.807) is 29.2 Å². The quantitative estimate of drug-likeness (QED) is 0.820. The summed E-state index contributed by atoms with van der Waals surface area (Å²) < 4.78 is 0. The third-order valence-corrected chi connectivity index (χ3v) is 4.61. The second-order valence-corrected chi connectivity index (χ2v) is 6.77. The lowest BCUT2D eigenvalue weighted by molar-refractivity contribution is -0.129. The number of nitrogens with one attached hydrogen (secondary N) is 1. The Morgan fingerprint density at radius 1 is 1.26 bits per heavy atom. The Morgan fingerprint density at radius 2 is 1.87 bits per heavy atom. The average molecular weight is 314 g/mol. The second-order valence-electron chi connectivity index (χ2n) is 6.77. The van der Waals surface area contributed by atoms with E-state index < -0.39 is 0 Å². The second kappa shape index (κ2) is 6.99. The lowest BCUT2D eigenvalue weighted by atomic mass is 10.00. The molecule has 0 atom stereocenters. The minimum atomic E-state index is -0.161. The maximum absolute atomic E-state index is 12.2. The monoisotopic (exact) mass is 314 g/mol. The van der Waals surface area contributed by atoms with Crippen molar-refractivity contribution in [2.45, 2.75) is 51.6 Å². The molecule has 124 valence electrons. The Bertz CT molecular complexity index is 598. The van der Waals surface area contributed by atoms with E-state index in [9.17, 15) is 9.59 Å². The summed E-state index contributed by atoms with van der Waals surface area (Å²) in [6.45, 7) is 6.16. The molecule has 0 radical (unpaired) electrons. The molecule has 1 fully saturated rings. The normalized spacial score (nSPS) is 14.8. The van der Waals surface area contributed by atoms with E-state index in [2.05, 4.69) is 12.2 Å². The Hall–Kier alpha value is -2.10. The molecule has 23 heavy (non-hydrogen) atoms. The fourth-order valence-corrected chi connectivity index (χ4v) is 2.06. The third kappa shape index (κ3) is 4.68. The van der Waals surface area contributed by atoms with E-state index in [0.717, 1.165) is 24.8 Å². The molecular formula is C19H26N2O2. The van der Waals surface area contributed by atoms with E-state index in [4.69, 9.17) is 0 Å². The molecule has 1 aromatic rings. The van der Waals surface area contributed by atoms with E-state index in [-0.39, 0.29) is 17.4 Å². The molecule has 0 heterocycles. The molecule has 1 aromatic carbocycles. The van der Waals surface area contributed by atoms with Crippen LogP contribution >= 0.6 is 0 Å². The largest absolute Gasteiger partial charge is 0.349 e. The molecule has 1 aliphatic rings. The van der Waals surface area contributed by atoms with Gasteiger partial charge in [-0.1, -0.05) is 19.1 Å². The van der Waals surface area contributed by atoms with Gasteiger partial charge in [0.25, 0.3) is 5.91 Å². The van der Waals surface area contributed by atoms with Crippen LogP contribution in [-0.2, 0) is 4.79 Å². The van der Waals surface area contributed by atoms with Gasteiger partial charge in [-0.05, 0) is 56.9 Å². The highest BCUT2D eigenvalue weighted by Crippen LogP contribution is 2.20. The third-order valence-electron chi connectivity index (χ3n) is 4.61. The maximum atomic E-state index is 12.2. The lowest BCUT2D eigenvalue weighted by Crippen LogP contribution is -2.43. The maximum Gasteiger partial charge on any atom is 0.251 e. The van der Waals surface area contributed by atoms with Gasteiger partial charge < -0.3 is 10.2 Å². The summed E-state index contributed by atoms with van der Waals surface area (Å²) in [6, 6.07) is 7.66. The molecule has 2 amide bonds. The predicted octanol–water partition coefficient (Wildman–Crippen LogP) is 3.24. The molecule has 0 saturated heterocycles. The first kappa shape index (κ1) is 17.3. The summed E-state index contributed by atoms with van der Waals surface area (Å²) in [5.74, 6) is -0.0454. The number of carbonyl (C=O) groups excluding carboxylic acids is 2. The van der Waals surface area contributed by atoms with E-state index >= 15 is 0 Å². The SMILES string of the molecule is CCC(C)(C)N(C)C(=O)/C=C/c1ccc(C(=O)NC2CC2)cc1. The van der Waals surface area contributed by atoms with Crippen LogP contribution in [0.3, 0.4) is 0 Å². The molecule has 1 N–H and O–H groups in total. The Morgan fingerprint density at radius 3 is 2.39 bits per heavy atom. The number of hydrogen-bond donors (Lipinski definition) is 1. The summed E-state index contributed by atoms with van der Waals surface area (Å²) in [6.07, 6.45) is 6.42. The number of benzene rings is 1. The highest BCUT2D eigenvalue weighted by atomic mass is 16.2. The Balaban J connectivity index is 1.97. The van der Waals surface area contributed by atoms with Crippen LogP contribution in [0.4, 0.5) is 0 Å². The highest BCUT2D eigenvalue weighted by Gasteiger charge is 2.24. The zero-order valence-electron chi connectivity index (χ0n) is 14.4. The van der Waals surface area contributed by atoms with Crippen LogP contribution < -0.4 is 5.32 Å². The van der Waals surface area contributed by atoms with Gasteiger partial charge in [-0.25, -0.2) is 0 Å². The summed E-state index contributed by atoms with van der Waals surface area (Å²) in [7, 11) is 1.82. The standard InChI is InChI=1S/C19H26N2O2/c1-5-19(2,3)21(4)17(22)13-8-14-6-9-15(10-7-14)18(23)20-16-11-12-16/h6-10,13,16H,5,11-12H2,1-4H3,(H,20,23)/b13-8+. The van der Waals surface area contributed by atoms with Crippen LogP contribution in [0.15, 0.2) is 30.3 Å². The fraction of sp³-hybridized carbons (Fsp3) is 0.474. The van der Waals surface area contributed by atoms with E-state index in [0.29, 0.717) is 11.6 Å². The van der Waals surface area contributed by atoms with Crippen molar-refractivity contribution in [3.8, 4) is 0 Å². The molecular weight excluding hydrogens is 288 g/mol. The van der Waals surface area contributed by atoms with Crippen LogP contribution in [-0.4, -0.2) is 35.3 Å². The zero-order chi connectivity index (χ0) is 17.0. The molecule has 0 spiro atoms. The average Bonchev–Trinajstić information content (AvgIpc) is 3.36. The summed E-state index contributed by atoms with van der Waals surface area (Å²) >= 11 is 0. The van der Waals surface area contributed by atoms with Gasteiger partial charge in [0.05, 0.1) is 0 Å². The number of rotatable bonds is 6.